The van der Waals surface area contributed by atoms with E-state index in [0.717, 1.165) is 30.4 Å². The summed E-state index contributed by atoms with van der Waals surface area (Å²) in [4.78, 5) is 0. The second kappa shape index (κ2) is 8.44. The van der Waals surface area contributed by atoms with Gasteiger partial charge in [0, 0.05) is 12.5 Å². The van der Waals surface area contributed by atoms with Crippen molar-refractivity contribution in [3.63, 3.8) is 0 Å². The van der Waals surface area contributed by atoms with Gasteiger partial charge in [0.1, 0.15) is 5.82 Å². The summed E-state index contributed by atoms with van der Waals surface area (Å²) in [6.45, 7) is 18.0. The van der Waals surface area contributed by atoms with Crippen LogP contribution in [0.3, 0.4) is 0 Å². The molecule has 1 aromatic rings. The van der Waals surface area contributed by atoms with E-state index in [4.69, 9.17) is 5.73 Å². The largest absolute Gasteiger partial charge is 0.330 e. The van der Waals surface area contributed by atoms with E-state index >= 15 is 0 Å². The molecular weight excluding hydrogens is 285 g/mol. The fourth-order valence-electron chi connectivity index (χ4n) is 3.34. The molecule has 1 nitrogen and oxygen atoms in total. The number of benzene rings is 1. The van der Waals surface area contributed by atoms with Crippen LogP contribution in [-0.4, -0.2) is 6.54 Å². The van der Waals surface area contributed by atoms with Crippen LogP contribution in [0.2, 0.25) is 0 Å². The van der Waals surface area contributed by atoms with E-state index in [1.54, 1.807) is 12.1 Å². The molecule has 0 radical (unpaired) electrons. The topological polar surface area (TPSA) is 26.0 Å². The number of allylic oxidation sites excluding steroid dienone is 1. The Morgan fingerprint density at radius 2 is 1.78 bits per heavy atom. The first-order valence-electron chi connectivity index (χ1n) is 8.55. The first-order chi connectivity index (χ1) is 10.7. The van der Waals surface area contributed by atoms with Gasteiger partial charge in [-0.05, 0) is 41.9 Å². The smallest absolute Gasteiger partial charge is 0.123 e. The van der Waals surface area contributed by atoms with Gasteiger partial charge in [0.25, 0.3) is 0 Å². The van der Waals surface area contributed by atoms with Gasteiger partial charge >= 0.3 is 0 Å². The third-order valence-corrected chi connectivity index (χ3v) is 4.91. The maximum absolute atomic E-state index is 13.1. The molecule has 0 aliphatic carbocycles. The highest BCUT2D eigenvalue weighted by atomic mass is 19.1. The number of rotatable bonds is 9. The van der Waals surface area contributed by atoms with E-state index in [1.807, 2.05) is 0 Å². The maximum atomic E-state index is 13.1. The van der Waals surface area contributed by atoms with Crippen molar-refractivity contribution in [2.75, 3.05) is 6.54 Å². The highest BCUT2D eigenvalue weighted by Gasteiger charge is 2.26. The van der Waals surface area contributed by atoms with Crippen molar-refractivity contribution in [3.8, 4) is 0 Å². The van der Waals surface area contributed by atoms with E-state index in [-0.39, 0.29) is 17.2 Å². The minimum Gasteiger partial charge on any atom is -0.330 e. The van der Waals surface area contributed by atoms with Gasteiger partial charge in [-0.2, -0.15) is 0 Å². The normalized spacial score (nSPS) is 14.3. The van der Waals surface area contributed by atoms with Crippen LogP contribution in [0, 0.1) is 17.2 Å². The summed E-state index contributed by atoms with van der Waals surface area (Å²) in [5.41, 5.74) is 9.50. The van der Waals surface area contributed by atoms with E-state index in [0.29, 0.717) is 12.5 Å². The van der Waals surface area contributed by atoms with Crippen molar-refractivity contribution in [1.82, 2.24) is 0 Å². The lowest BCUT2D eigenvalue weighted by Gasteiger charge is -2.32. The SMILES string of the molecule is C=C(CC(C)C(=C)C(C)(C)CCC)C(CN)c1ccc(F)cc1. The Hall–Kier alpha value is -1.41. The Labute approximate surface area is 141 Å². The van der Waals surface area contributed by atoms with E-state index < -0.39 is 0 Å². The molecule has 2 N–H and O–H groups in total. The molecule has 1 aromatic carbocycles. The summed E-state index contributed by atoms with van der Waals surface area (Å²) in [5.74, 6) is 0.205. The van der Waals surface area contributed by atoms with E-state index in [9.17, 15) is 4.39 Å². The zero-order valence-electron chi connectivity index (χ0n) is 15.2. The predicted molar refractivity (Wildman–Crippen MR) is 98.9 cm³/mol. The monoisotopic (exact) mass is 317 g/mol. The van der Waals surface area contributed by atoms with Gasteiger partial charge in [-0.15, -0.1) is 0 Å². The lowest BCUT2D eigenvalue weighted by atomic mass is 9.73. The molecule has 2 heteroatoms. The van der Waals surface area contributed by atoms with Crippen LogP contribution >= 0.6 is 0 Å². The molecule has 1 rings (SSSR count). The highest BCUT2D eigenvalue weighted by molar-refractivity contribution is 5.29. The molecule has 0 aliphatic rings. The lowest BCUT2D eigenvalue weighted by molar-refractivity contribution is 0.360. The second-order valence-corrected chi connectivity index (χ2v) is 7.26. The third-order valence-electron chi connectivity index (χ3n) is 4.91. The van der Waals surface area contributed by atoms with E-state index in [1.165, 1.54) is 17.7 Å². The Kier molecular flexibility index (Phi) is 7.21. The first-order valence-corrected chi connectivity index (χ1v) is 8.55. The Bertz CT molecular complexity index is 527. The van der Waals surface area contributed by atoms with Crippen LogP contribution in [0.15, 0.2) is 48.6 Å². The molecule has 0 heterocycles. The lowest BCUT2D eigenvalue weighted by Crippen LogP contribution is -2.21. The zero-order chi connectivity index (χ0) is 17.6. The fraction of sp³-hybridized carbons (Fsp3) is 0.524. The molecule has 0 bridgehead atoms. The standard InChI is InChI=1S/C21H32FN/c1-7-12-21(5,6)17(4)15(2)13-16(3)20(14-23)18-8-10-19(22)11-9-18/h8-11,15,20H,3-4,7,12-14,23H2,1-2,5-6H3. The van der Waals surface area contributed by atoms with Gasteiger partial charge in [0.05, 0.1) is 0 Å². The molecule has 128 valence electrons. The van der Waals surface area contributed by atoms with Crippen molar-refractivity contribution in [2.24, 2.45) is 17.1 Å². The minimum absolute atomic E-state index is 0.0696. The summed E-state index contributed by atoms with van der Waals surface area (Å²) in [6.07, 6.45) is 3.16. The maximum Gasteiger partial charge on any atom is 0.123 e. The van der Waals surface area contributed by atoms with Crippen molar-refractivity contribution >= 4 is 0 Å². The summed E-state index contributed by atoms with van der Waals surface area (Å²) < 4.78 is 13.1. The molecule has 2 unspecified atom stereocenters. The van der Waals surface area contributed by atoms with Crippen LogP contribution in [0.5, 0.6) is 0 Å². The summed E-state index contributed by atoms with van der Waals surface area (Å²) >= 11 is 0. The van der Waals surface area contributed by atoms with Gasteiger partial charge in [-0.3, -0.25) is 0 Å². The molecule has 0 spiro atoms. The van der Waals surface area contributed by atoms with Crippen LogP contribution in [-0.2, 0) is 0 Å². The average molecular weight is 317 g/mol. The molecular formula is C21H32FN. The molecule has 0 amide bonds. The molecule has 0 saturated carbocycles. The van der Waals surface area contributed by atoms with Gasteiger partial charge in [-0.1, -0.05) is 70.6 Å². The molecule has 0 fully saturated rings. The molecule has 0 aliphatic heterocycles. The highest BCUT2D eigenvalue weighted by Crippen LogP contribution is 2.38. The fourth-order valence-corrected chi connectivity index (χ4v) is 3.34. The quantitative estimate of drug-likeness (QED) is 0.569. The number of nitrogens with two attached hydrogens (primary N) is 1. The van der Waals surface area contributed by atoms with E-state index in [2.05, 4.69) is 40.9 Å². The summed E-state index contributed by atoms with van der Waals surface area (Å²) in [6, 6.07) is 6.58. The summed E-state index contributed by atoms with van der Waals surface area (Å²) in [7, 11) is 0. The molecule has 23 heavy (non-hydrogen) atoms. The first kappa shape index (κ1) is 19.6. The minimum atomic E-state index is -0.224. The van der Waals surface area contributed by atoms with Crippen molar-refractivity contribution in [2.45, 2.75) is 52.9 Å². The van der Waals surface area contributed by atoms with Crippen molar-refractivity contribution in [1.29, 1.82) is 0 Å². The summed E-state index contributed by atoms with van der Waals surface area (Å²) in [5, 5.41) is 0. The Morgan fingerprint density at radius 1 is 1.22 bits per heavy atom. The van der Waals surface area contributed by atoms with Crippen LogP contribution < -0.4 is 5.73 Å². The molecule has 0 aromatic heterocycles. The van der Waals surface area contributed by atoms with Gasteiger partial charge < -0.3 is 5.73 Å². The van der Waals surface area contributed by atoms with Crippen LogP contribution in [0.4, 0.5) is 4.39 Å². The number of halogens is 1. The number of hydrogen-bond donors (Lipinski definition) is 1. The molecule has 0 saturated heterocycles. The third kappa shape index (κ3) is 5.31. The van der Waals surface area contributed by atoms with Gasteiger partial charge in [0.15, 0.2) is 0 Å². The van der Waals surface area contributed by atoms with Crippen molar-refractivity contribution < 1.29 is 4.39 Å². The number of hydrogen-bond acceptors (Lipinski definition) is 1. The van der Waals surface area contributed by atoms with Gasteiger partial charge in [0.2, 0.25) is 0 Å². The molecule has 2 atom stereocenters. The predicted octanol–water partition coefficient (Wildman–Crippen LogP) is 5.83. The average Bonchev–Trinajstić information content (AvgIpc) is 2.49. The zero-order valence-corrected chi connectivity index (χ0v) is 15.2. The van der Waals surface area contributed by atoms with Crippen LogP contribution in [0.25, 0.3) is 0 Å². The van der Waals surface area contributed by atoms with Crippen molar-refractivity contribution in [3.05, 3.63) is 60.0 Å². The van der Waals surface area contributed by atoms with Gasteiger partial charge in [-0.25, -0.2) is 4.39 Å². The Morgan fingerprint density at radius 3 is 2.26 bits per heavy atom. The second-order valence-electron chi connectivity index (χ2n) is 7.26. The van der Waals surface area contributed by atoms with Crippen LogP contribution in [0.1, 0.15) is 58.4 Å². The Balaban J connectivity index is 2.80.